The van der Waals surface area contributed by atoms with E-state index in [9.17, 15) is 8.42 Å². The molecule has 2 aromatic rings. The van der Waals surface area contributed by atoms with Crippen molar-refractivity contribution in [1.29, 1.82) is 0 Å². The first-order chi connectivity index (χ1) is 16.0. The van der Waals surface area contributed by atoms with E-state index in [-0.39, 0.29) is 11.5 Å². The maximum absolute atomic E-state index is 12.7. The molecule has 0 amide bonds. The van der Waals surface area contributed by atoms with Crippen molar-refractivity contribution in [1.82, 2.24) is 24.1 Å². The number of aromatic nitrogens is 4. The van der Waals surface area contributed by atoms with Gasteiger partial charge in [0.15, 0.2) is 5.82 Å². The third-order valence-electron chi connectivity index (χ3n) is 6.86. The summed E-state index contributed by atoms with van der Waals surface area (Å²) in [6.45, 7) is 8.60. The Morgan fingerprint density at radius 1 is 1.15 bits per heavy atom. The summed E-state index contributed by atoms with van der Waals surface area (Å²) in [7, 11) is -3.11. The van der Waals surface area contributed by atoms with Gasteiger partial charge in [-0.1, -0.05) is 32.4 Å². The van der Waals surface area contributed by atoms with Gasteiger partial charge in [-0.3, -0.25) is 4.68 Å². The van der Waals surface area contributed by atoms with Crippen LogP contribution in [-0.4, -0.2) is 57.4 Å². The Bertz CT molecular complexity index is 1130. The predicted octanol–water partition coefficient (Wildman–Crippen LogP) is 3.98. The van der Waals surface area contributed by atoms with E-state index in [1.165, 1.54) is 0 Å². The van der Waals surface area contributed by atoms with Crippen molar-refractivity contribution in [2.24, 2.45) is 23.2 Å². The molecule has 11 heteroatoms. The van der Waals surface area contributed by atoms with Gasteiger partial charge in [0.2, 0.25) is 16.0 Å². The van der Waals surface area contributed by atoms with Crippen molar-refractivity contribution in [3.63, 3.8) is 0 Å². The average Bonchev–Trinajstić information content (AvgIpc) is 3.10. The van der Waals surface area contributed by atoms with E-state index in [1.807, 2.05) is 10.9 Å². The molecule has 2 unspecified atom stereocenters. The van der Waals surface area contributed by atoms with Crippen molar-refractivity contribution in [3.8, 4) is 0 Å². The molecule has 0 spiro atoms. The number of halogens is 1. The zero-order valence-electron chi connectivity index (χ0n) is 20.0. The SMILES string of the molecule is CC(C)(C)Cn1cc(Nc2ncc(Cl)c(NC3CC4CN(S(=O)(=O)CC5CC5)CC4C3)n2)cn1. The van der Waals surface area contributed by atoms with E-state index in [0.29, 0.717) is 53.4 Å². The molecule has 186 valence electrons. The number of fused-ring (bicyclic) bond motifs is 1. The van der Waals surface area contributed by atoms with Crippen LogP contribution in [0.15, 0.2) is 18.6 Å². The summed E-state index contributed by atoms with van der Waals surface area (Å²) in [6.07, 6.45) is 9.26. The third kappa shape index (κ3) is 5.66. The van der Waals surface area contributed by atoms with Crippen LogP contribution in [0.25, 0.3) is 0 Å². The highest BCUT2D eigenvalue weighted by Gasteiger charge is 2.45. The maximum atomic E-state index is 12.7. The summed E-state index contributed by atoms with van der Waals surface area (Å²) in [5, 5.41) is 11.6. The molecule has 3 fully saturated rings. The highest BCUT2D eigenvalue weighted by molar-refractivity contribution is 7.89. The molecule has 2 N–H and O–H groups in total. The second-order valence-electron chi connectivity index (χ2n) is 11.4. The summed E-state index contributed by atoms with van der Waals surface area (Å²) in [4.78, 5) is 8.90. The van der Waals surface area contributed by atoms with Gasteiger partial charge in [-0.25, -0.2) is 17.7 Å². The van der Waals surface area contributed by atoms with Crippen molar-refractivity contribution in [3.05, 3.63) is 23.6 Å². The van der Waals surface area contributed by atoms with Crippen molar-refractivity contribution >= 4 is 39.1 Å². The molecular weight excluding hydrogens is 474 g/mol. The summed E-state index contributed by atoms with van der Waals surface area (Å²) in [5.41, 5.74) is 0.954. The number of anilines is 3. The maximum Gasteiger partial charge on any atom is 0.229 e. The van der Waals surface area contributed by atoms with Crippen molar-refractivity contribution in [2.75, 3.05) is 29.5 Å². The lowest BCUT2D eigenvalue weighted by atomic mass is 9.97. The van der Waals surface area contributed by atoms with Gasteiger partial charge in [-0.15, -0.1) is 0 Å². The molecular formula is C23H34ClN7O2S. The molecule has 34 heavy (non-hydrogen) atoms. The normalized spacial score (nSPS) is 25.5. The Labute approximate surface area is 206 Å². The van der Waals surface area contributed by atoms with Gasteiger partial charge in [0.05, 0.1) is 23.8 Å². The second kappa shape index (κ2) is 8.95. The number of nitrogens with zero attached hydrogens (tertiary/aromatic N) is 5. The first kappa shape index (κ1) is 23.8. The molecule has 0 aromatic carbocycles. The average molecular weight is 508 g/mol. The quantitative estimate of drug-likeness (QED) is 0.556. The fraction of sp³-hybridized carbons (Fsp3) is 0.696. The molecule has 2 saturated carbocycles. The minimum atomic E-state index is -3.11. The van der Waals surface area contributed by atoms with Gasteiger partial charge < -0.3 is 10.6 Å². The number of rotatable bonds is 8. The highest BCUT2D eigenvalue weighted by atomic mass is 35.5. The fourth-order valence-corrected chi connectivity index (χ4v) is 7.26. The lowest BCUT2D eigenvalue weighted by Gasteiger charge is -2.20. The van der Waals surface area contributed by atoms with Crippen LogP contribution in [0, 0.1) is 23.2 Å². The summed E-state index contributed by atoms with van der Waals surface area (Å²) < 4.78 is 28.9. The monoisotopic (exact) mass is 507 g/mol. The number of hydrogen-bond donors (Lipinski definition) is 2. The largest absolute Gasteiger partial charge is 0.366 e. The molecule has 0 bridgehead atoms. The lowest BCUT2D eigenvalue weighted by molar-refractivity contribution is 0.325. The fourth-order valence-electron chi connectivity index (χ4n) is 5.14. The van der Waals surface area contributed by atoms with Crippen LogP contribution in [0.2, 0.25) is 5.02 Å². The standard InChI is InChI=1S/C23H34ClN7O2S/c1-23(2,3)14-30-12-19(8-26-30)28-22-25-9-20(24)21(29-22)27-18-6-16-10-31(11-17(16)7-18)34(32,33)13-15-4-5-15/h8-9,12,15-18H,4-7,10-11,13-14H2,1-3H3,(H2,25,27,28,29). The molecule has 0 radical (unpaired) electrons. The van der Waals surface area contributed by atoms with E-state index in [2.05, 4.69) is 46.5 Å². The first-order valence-corrected chi connectivity index (χ1v) is 14.1. The number of nitrogens with one attached hydrogen (secondary N) is 2. The van der Waals surface area contributed by atoms with Crippen molar-refractivity contribution < 1.29 is 8.42 Å². The van der Waals surface area contributed by atoms with E-state index in [4.69, 9.17) is 11.6 Å². The number of hydrogen-bond acceptors (Lipinski definition) is 7. The van der Waals surface area contributed by atoms with Crippen LogP contribution in [0.4, 0.5) is 17.5 Å². The van der Waals surface area contributed by atoms with E-state index in [1.54, 1.807) is 16.7 Å². The van der Waals surface area contributed by atoms with Gasteiger partial charge in [0, 0.05) is 31.9 Å². The molecule has 1 aliphatic heterocycles. The molecule has 5 rings (SSSR count). The van der Waals surface area contributed by atoms with Crippen LogP contribution < -0.4 is 10.6 Å². The van der Waals surface area contributed by atoms with E-state index in [0.717, 1.165) is 37.9 Å². The Kier molecular flexibility index (Phi) is 6.27. The summed E-state index contributed by atoms with van der Waals surface area (Å²) in [6, 6.07) is 0.220. The van der Waals surface area contributed by atoms with Crippen LogP contribution >= 0.6 is 11.6 Å². The molecule has 3 aliphatic rings. The van der Waals surface area contributed by atoms with Crippen LogP contribution in [0.3, 0.4) is 0 Å². The molecule has 2 aromatic heterocycles. The predicted molar refractivity (Wildman–Crippen MR) is 134 cm³/mol. The smallest absolute Gasteiger partial charge is 0.229 e. The van der Waals surface area contributed by atoms with Gasteiger partial charge in [-0.05, 0) is 48.9 Å². The van der Waals surface area contributed by atoms with Gasteiger partial charge in [0.25, 0.3) is 0 Å². The topological polar surface area (TPSA) is 105 Å². The number of sulfonamides is 1. The molecule has 2 atom stereocenters. The summed E-state index contributed by atoms with van der Waals surface area (Å²) >= 11 is 6.39. The van der Waals surface area contributed by atoms with Gasteiger partial charge in [-0.2, -0.15) is 10.1 Å². The Hall–Kier alpha value is -1.91. The third-order valence-corrected chi connectivity index (χ3v) is 9.12. The molecule has 1 saturated heterocycles. The Morgan fingerprint density at radius 2 is 1.85 bits per heavy atom. The Morgan fingerprint density at radius 3 is 2.50 bits per heavy atom. The van der Waals surface area contributed by atoms with Crippen LogP contribution in [-0.2, 0) is 16.6 Å². The van der Waals surface area contributed by atoms with E-state index >= 15 is 0 Å². The lowest BCUT2D eigenvalue weighted by Crippen LogP contribution is -2.33. The van der Waals surface area contributed by atoms with Crippen LogP contribution in [0.5, 0.6) is 0 Å². The molecule has 3 heterocycles. The minimum absolute atomic E-state index is 0.134. The van der Waals surface area contributed by atoms with Crippen molar-refractivity contribution in [2.45, 2.75) is 59.0 Å². The van der Waals surface area contributed by atoms with Gasteiger partial charge in [0.1, 0.15) is 5.02 Å². The summed E-state index contributed by atoms with van der Waals surface area (Å²) in [5.74, 6) is 2.55. The Balaban J connectivity index is 1.18. The zero-order chi connectivity index (χ0) is 24.1. The second-order valence-corrected chi connectivity index (χ2v) is 13.8. The molecule has 9 nitrogen and oxygen atoms in total. The zero-order valence-corrected chi connectivity index (χ0v) is 21.6. The molecule has 2 aliphatic carbocycles. The minimum Gasteiger partial charge on any atom is -0.366 e. The highest BCUT2D eigenvalue weighted by Crippen LogP contribution is 2.41. The van der Waals surface area contributed by atoms with Gasteiger partial charge >= 0.3 is 0 Å². The first-order valence-electron chi connectivity index (χ1n) is 12.1. The van der Waals surface area contributed by atoms with E-state index < -0.39 is 10.0 Å². The van der Waals surface area contributed by atoms with Crippen LogP contribution in [0.1, 0.15) is 46.5 Å².